The maximum Gasteiger partial charge on any atom is 0.123 e. The molecule has 0 radical (unpaired) electrons. The lowest BCUT2D eigenvalue weighted by Gasteiger charge is -2.31. The van der Waals surface area contributed by atoms with Gasteiger partial charge in [0.1, 0.15) is 5.76 Å². The van der Waals surface area contributed by atoms with Crippen LogP contribution in [0.25, 0.3) is 0 Å². The van der Waals surface area contributed by atoms with Crippen molar-refractivity contribution in [2.24, 2.45) is 17.8 Å². The van der Waals surface area contributed by atoms with Crippen LogP contribution in [-0.4, -0.2) is 12.6 Å². The lowest BCUT2D eigenvalue weighted by molar-refractivity contribution is -0.00967. The highest BCUT2D eigenvalue weighted by atomic mass is 16.5. The molecule has 2 atom stereocenters. The van der Waals surface area contributed by atoms with Gasteiger partial charge >= 0.3 is 0 Å². The Morgan fingerprint density at radius 3 is 2.62 bits per heavy atom. The van der Waals surface area contributed by atoms with Crippen molar-refractivity contribution >= 4 is 0 Å². The fourth-order valence-electron chi connectivity index (χ4n) is 3.34. The molecule has 1 aromatic heterocycles. The first kappa shape index (κ1) is 16.6. The van der Waals surface area contributed by atoms with Crippen LogP contribution < -0.4 is 5.32 Å². The third-order valence-electron chi connectivity index (χ3n) is 4.29. The van der Waals surface area contributed by atoms with Crippen molar-refractivity contribution in [1.29, 1.82) is 0 Å². The van der Waals surface area contributed by atoms with E-state index in [4.69, 9.17) is 9.15 Å². The molecule has 1 N–H and O–H groups in total. The first-order valence-corrected chi connectivity index (χ1v) is 8.42. The van der Waals surface area contributed by atoms with Crippen LogP contribution in [0.2, 0.25) is 0 Å². The van der Waals surface area contributed by atoms with E-state index in [0.29, 0.717) is 18.6 Å². The molecule has 1 aliphatic carbocycles. The molecule has 0 aromatic carbocycles. The van der Waals surface area contributed by atoms with E-state index < -0.39 is 0 Å². The quantitative estimate of drug-likeness (QED) is 0.810. The molecule has 0 spiro atoms. The fraction of sp³-hybridized carbons (Fsp3) is 0.778. The van der Waals surface area contributed by atoms with Crippen LogP contribution >= 0.6 is 0 Å². The van der Waals surface area contributed by atoms with Gasteiger partial charge in [-0.25, -0.2) is 0 Å². The molecule has 1 heterocycles. The average molecular weight is 293 g/mol. The fourth-order valence-corrected chi connectivity index (χ4v) is 3.34. The third kappa shape index (κ3) is 5.48. The third-order valence-corrected chi connectivity index (χ3v) is 4.29. The van der Waals surface area contributed by atoms with E-state index in [1.165, 1.54) is 24.8 Å². The Balaban J connectivity index is 1.79. The summed E-state index contributed by atoms with van der Waals surface area (Å²) in [5.74, 6) is 3.25. The topological polar surface area (TPSA) is 34.4 Å². The molecule has 3 heteroatoms. The van der Waals surface area contributed by atoms with E-state index in [2.05, 4.69) is 33.0 Å². The summed E-state index contributed by atoms with van der Waals surface area (Å²) in [4.78, 5) is 0. The predicted molar refractivity (Wildman–Crippen MR) is 86.0 cm³/mol. The summed E-state index contributed by atoms with van der Waals surface area (Å²) in [5.41, 5.74) is 1.19. The lowest BCUT2D eigenvalue weighted by atomic mass is 9.82. The lowest BCUT2D eigenvalue weighted by Crippen LogP contribution is -2.26. The summed E-state index contributed by atoms with van der Waals surface area (Å²) >= 11 is 0. The van der Waals surface area contributed by atoms with E-state index in [-0.39, 0.29) is 0 Å². The maximum absolute atomic E-state index is 6.15. The van der Waals surface area contributed by atoms with Gasteiger partial charge in [0, 0.05) is 5.56 Å². The van der Waals surface area contributed by atoms with Crippen molar-refractivity contribution in [1.82, 2.24) is 5.32 Å². The molecule has 1 aliphatic rings. The van der Waals surface area contributed by atoms with E-state index in [1.807, 2.05) is 6.07 Å². The standard InChI is InChI=1S/C18H31NO2/c1-13(2)10-19-11-18-16(5-6-20-18)12-21-17-8-14(3)7-15(4)9-17/h5-6,13-15,17,19H,7-12H2,1-4H3. The van der Waals surface area contributed by atoms with Crippen molar-refractivity contribution < 1.29 is 9.15 Å². The van der Waals surface area contributed by atoms with Crippen LogP contribution in [0.1, 0.15) is 58.3 Å². The highest BCUT2D eigenvalue weighted by Crippen LogP contribution is 2.31. The van der Waals surface area contributed by atoms with E-state index in [0.717, 1.165) is 30.7 Å². The van der Waals surface area contributed by atoms with E-state index >= 15 is 0 Å². The van der Waals surface area contributed by atoms with Gasteiger partial charge in [-0.1, -0.05) is 27.7 Å². The number of rotatable bonds is 7. The smallest absolute Gasteiger partial charge is 0.123 e. The van der Waals surface area contributed by atoms with Crippen molar-refractivity contribution in [3.05, 3.63) is 23.7 Å². The van der Waals surface area contributed by atoms with Crippen LogP contribution in [-0.2, 0) is 17.9 Å². The zero-order valence-corrected chi connectivity index (χ0v) is 14.0. The van der Waals surface area contributed by atoms with Gasteiger partial charge in [0.25, 0.3) is 0 Å². The largest absolute Gasteiger partial charge is 0.468 e. The van der Waals surface area contributed by atoms with Gasteiger partial charge in [0.15, 0.2) is 0 Å². The molecule has 2 unspecified atom stereocenters. The van der Waals surface area contributed by atoms with Crippen molar-refractivity contribution in [3.8, 4) is 0 Å². The summed E-state index contributed by atoms with van der Waals surface area (Å²) in [6.45, 7) is 11.6. The second-order valence-corrected chi connectivity index (χ2v) is 7.24. The van der Waals surface area contributed by atoms with E-state index in [9.17, 15) is 0 Å². The molecule has 2 rings (SSSR count). The Kier molecular flexibility index (Phi) is 6.31. The number of nitrogens with one attached hydrogen (secondary N) is 1. The molecule has 0 saturated heterocycles. The summed E-state index contributed by atoms with van der Waals surface area (Å²) in [6, 6.07) is 2.04. The number of hydrogen-bond acceptors (Lipinski definition) is 3. The second kappa shape index (κ2) is 8.00. The van der Waals surface area contributed by atoms with Crippen LogP contribution in [0.4, 0.5) is 0 Å². The Bertz CT molecular complexity index is 403. The first-order chi connectivity index (χ1) is 10.0. The molecular weight excluding hydrogens is 262 g/mol. The normalized spacial score (nSPS) is 26.4. The molecular formula is C18H31NO2. The minimum Gasteiger partial charge on any atom is -0.468 e. The Morgan fingerprint density at radius 2 is 1.95 bits per heavy atom. The van der Waals surface area contributed by atoms with Crippen molar-refractivity contribution in [2.75, 3.05) is 6.54 Å². The number of ether oxygens (including phenoxy) is 1. The van der Waals surface area contributed by atoms with Crippen LogP contribution in [0.5, 0.6) is 0 Å². The minimum absolute atomic E-state index is 0.412. The predicted octanol–water partition coefficient (Wildman–Crippen LogP) is 4.37. The Morgan fingerprint density at radius 1 is 1.24 bits per heavy atom. The zero-order chi connectivity index (χ0) is 15.2. The van der Waals surface area contributed by atoms with Crippen molar-refractivity contribution in [2.45, 2.75) is 66.2 Å². The van der Waals surface area contributed by atoms with Gasteiger partial charge in [-0.3, -0.25) is 0 Å². The second-order valence-electron chi connectivity index (χ2n) is 7.24. The summed E-state index contributed by atoms with van der Waals surface area (Å²) in [6.07, 6.45) is 5.93. The average Bonchev–Trinajstić information content (AvgIpc) is 2.82. The van der Waals surface area contributed by atoms with Crippen LogP contribution in [0.3, 0.4) is 0 Å². The monoisotopic (exact) mass is 293 g/mol. The zero-order valence-electron chi connectivity index (χ0n) is 14.0. The summed E-state index contributed by atoms with van der Waals surface area (Å²) in [5, 5.41) is 3.43. The minimum atomic E-state index is 0.412. The Hall–Kier alpha value is -0.800. The van der Waals surface area contributed by atoms with Crippen LogP contribution in [0.15, 0.2) is 16.7 Å². The molecule has 0 amide bonds. The summed E-state index contributed by atoms with van der Waals surface area (Å²) < 4.78 is 11.7. The summed E-state index contributed by atoms with van der Waals surface area (Å²) in [7, 11) is 0. The van der Waals surface area contributed by atoms with E-state index in [1.54, 1.807) is 6.26 Å². The molecule has 1 aromatic rings. The van der Waals surface area contributed by atoms with Gasteiger partial charge < -0.3 is 14.5 Å². The van der Waals surface area contributed by atoms with Gasteiger partial charge in [-0.2, -0.15) is 0 Å². The van der Waals surface area contributed by atoms with Gasteiger partial charge in [0.05, 0.1) is 25.5 Å². The highest BCUT2D eigenvalue weighted by molar-refractivity contribution is 5.15. The number of furan rings is 1. The molecule has 21 heavy (non-hydrogen) atoms. The van der Waals surface area contributed by atoms with Gasteiger partial charge in [0.2, 0.25) is 0 Å². The molecule has 120 valence electrons. The molecule has 1 saturated carbocycles. The van der Waals surface area contributed by atoms with Gasteiger partial charge in [-0.15, -0.1) is 0 Å². The van der Waals surface area contributed by atoms with Crippen LogP contribution in [0, 0.1) is 17.8 Å². The Labute approximate surface area is 129 Å². The SMILES string of the molecule is CC(C)CNCc1occc1COC1CC(C)CC(C)C1. The molecule has 1 fully saturated rings. The number of hydrogen-bond donors (Lipinski definition) is 1. The van der Waals surface area contributed by atoms with Crippen molar-refractivity contribution in [3.63, 3.8) is 0 Å². The molecule has 0 aliphatic heterocycles. The molecule has 3 nitrogen and oxygen atoms in total. The maximum atomic E-state index is 6.15. The van der Waals surface area contributed by atoms with Gasteiger partial charge in [-0.05, 0) is 49.6 Å². The first-order valence-electron chi connectivity index (χ1n) is 8.42. The molecule has 0 bridgehead atoms. The highest BCUT2D eigenvalue weighted by Gasteiger charge is 2.24.